The lowest BCUT2D eigenvalue weighted by Gasteiger charge is -2.38. The zero-order chi connectivity index (χ0) is 15.7. The molecular formula is C17H20N4O2. The van der Waals surface area contributed by atoms with E-state index in [2.05, 4.69) is 10.2 Å². The number of nitrogens with zero attached hydrogens (tertiary/aromatic N) is 4. The fourth-order valence-corrected chi connectivity index (χ4v) is 3.56. The molecule has 120 valence electrons. The van der Waals surface area contributed by atoms with Crippen molar-refractivity contribution in [2.75, 3.05) is 19.7 Å². The lowest BCUT2D eigenvalue weighted by Crippen LogP contribution is -2.46. The molecule has 1 aromatic carbocycles. The molecule has 2 saturated heterocycles. The van der Waals surface area contributed by atoms with Crippen molar-refractivity contribution in [2.24, 2.45) is 0 Å². The van der Waals surface area contributed by atoms with Gasteiger partial charge in [-0.05, 0) is 49.9 Å². The van der Waals surface area contributed by atoms with Gasteiger partial charge in [-0.1, -0.05) is 0 Å². The van der Waals surface area contributed by atoms with Gasteiger partial charge in [0.25, 0.3) is 5.91 Å². The Labute approximate surface area is 135 Å². The molecule has 0 bridgehead atoms. The van der Waals surface area contributed by atoms with Crippen LogP contribution in [0.2, 0.25) is 0 Å². The molecule has 0 N–H and O–H groups in total. The summed E-state index contributed by atoms with van der Waals surface area (Å²) in [6, 6.07) is 7.58. The summed E-state index contributed by atoms with van der Waals surface area (Å²) in [7, 11) is 0. The van der Waals surface area contributed by atoms with E-state index < -0.39 is 0 Å². The Hall–Kier alpha value is -2.21. The molecule has 6 nitrogen and oxygen atoms in total. The molecule has 0 unspecified atom stereocenters. The largest absolute Gasteiger partial charge is 0.375 e. The second kappa shape index (κ2) is 5.77. The summed E-state index contributed by atoms with van der Waals surface area (Å²) in [5, 5.41) is 7.58. The van der Waals surface area contributed by atoms with Gasteiger partial charge in [0.1, 0.15) is 12.7 Å². The molecule has 0 saturated carbocycles. The van der Waals surface area contributed by atoms with Gasteiger partial charge in [-0.15, -0.1) is 10.2 Å². The first-order chi connectivity index (χ1) is 11.3. The Morgan fingerprint density at radius 1 is 1.04 bits per heavy atom. The quantitative estimate of drug-likeness (QED) is 0.851. The van der Waals surface area contributed by atoms with Crippen LogP contribution < -0.4 is 0 Å². The van der Waals surface area contributed by atoms with E-state index in [0.29, 0.717) is 0 Å². The first-order valence-electron chi connectivity index (χ1n) is 8.14. The molecule has 4 rings (SSSR count). The molecular weight excluding hydrogens is 292 g/mol. The number of likely N-dealkylation sites (tertiary alicyclic amines) is 1. The average molecular weight is 312 g/mol. The van der Waals surface area contributed by atoms with Crippen LogP contribution in [0.4, 0.5) is 0 Å². The third-order valence-corrected chi connectivity index (χ3v) is 4.98. The summed E-state index contributed by atoms with van der Waals surface area (Å²) in [6.07, 6.45) is 7.49. The monoisotopic (exact) mass is 312 g/mol. The predicted molar refractivity (Wildman–Crippen MR) is 84.4 cm³/mol. The smallest absolute Gasteiger partial charge is 0.253 e. The summed E-state index contributed by atoms with van der Waals surface area (Å²) < 4.78 is 7.74. The molecule has 1 amide bonds. The molecule has 2 aliphatic heterocycles. The standard InChI is InChI=1S/C17H20N4O2/c22-16(20-9-7-17(8-10-20)6-1-11-23-17)14-2-4-15(5-3-14)21-12-18-19-13-21/h2-5,12-13H,1,6-11H2. The fourth-order valence-electron chi connectivity index (χ4n) is 3.56. The molecule has 3 heterocycles. The molecule has 0 radical (unpaired) electrons. The maximum Gasteiger partial charge on any atom is 0.253 e. The number of carbonyl (C=O) groups excluding carboxylic acids is 1. The van der Waals surface area contributed by atoms with E-state index >= 15 is 0 Å². The van der Waals surface area contributed by atoms with Crippen LogP contribution in [0.15, 0.2) is 36.9 Å². The van der Waals surface area contributed by atoms with Crippen molar-refractivity contribution < 1.29 is 9.53 Å². The summed E-state index contributed by atoms with van der Waals surface area (Å²) in [4.78, 5) is 14.6. The number of hydrogen-bond donors (Lipinski definition) is 0. The minimum absolute atomic E-state index is 0.0507. The first kappa shape index (κ1) is 14.4. The number of amides is 1. The van der Waals surface area contributed by atoms with Crippen molar-refractivity contribution in [3.63, 3.8) is 0 Å². The van der Waals surface area contributed by atoms with Crippen LogP contribution in [-0.4, -0.2) is 50.9 Å². The highest BCUT2D eigenvalue weighted by Crippen LogP contribution is 2.35. The van der Waals surface area contributed by atoms with Gasteiger partial charge in [-0.2, -0.15) is 0 Å². The Balaban J connectivity index is 1.43. The van der Waals surface area contributed by atoms with Crippen LogP contribution in [0.25, 0.3) is 5.69 Å². The van der Waals surface area contributed by atoms with E-state index in [1.54, 1.807) is 12.7 Å². The van der Waals surface area contributed by atoms with Crippen LogP contribution in [0.1, 0.15) is 36.0 Å². The highest BCUT2D eigenvalue weighted by molar-refractivity contribution is 5.94. The van der Waals surface area contributed by atoms with Crippen LogP contribution >= 0.6 is 0 Å². The van der Waals surface area contributed by atoms with Crippen LogP contribution in [-0.2, 0) is 4.74 Å². The van der Waals surface area contributed by atoms with Gasteiger partial charge in [-0.25, -0.2) is 0 Å². The van der Waals surface area contributed by atoms with Crippen LogP contribution in [0.3, 0.4) is 0 Å². The number of aromatic nitrogens is 3. The zero-order valence-electron chi connectivity index (χ0n) is 13.0. The highest BCUT2D eigenvalue weighted by atomic mass is 16.5. The summed E-state index contributed by atoms with van der Waals surface area (Å²) in [5.41, 5.74) is 1.73. The minimum Gasteiger partial charge on any atom is -0.375 e. The third-order valence-electron chi connectivity index (χ3n) is 4.98. The SMILES string of the molecule is O=C(c1ccc(-n2cnnc2)cc1)N1CCC2(CCCO2)CC1. The lowest BCUT2D eigenvalue weighted by molar-refractivity contribution is -0.0387. The normalized spacial score (nSPS) is 20.1. The van der Waals surface area contributed by atoms with Crippen molar-refractivity contribution in [1.82, 2.24) is 19.7 Å². The predicted octanol–water partition coefficient (Wildman–Crippen LogP) is 2.05. The molecule has 0 atom stereocenters. The summed E-state index contributed by atoms with van der Waals surface area (Å²) >= 11 is 0. The molecule has 1 aromatic heterocycles. The highest BCUT2D eigenvalue weighted by Gasteiger charge is 2.39. The lowest BCUT2D eigenvalue weighted by atomic mass is 9.88. The number of carbonyl (C=O) groups is 1. The van der Waals surface area contributed by atoms with Gasteiger partial charge in [0.15, 0.2) is 0 Å². The van der Waals surface area contributed by atoms with Crippen LogP contribution in [0, 0.1) is 0 Å². The number of piperidine rings is 1. The Morgan fingerprint density at radius 2 is 1.74 bits per heavy atom. The van der Waals surface area contributed by atoms with Gasteiger partial charge < -0.3 is 9.64 Å². The third kappa shape index (κ3) is 2.74. The van der Waals surface area contributed by atoms with E-state index in [1.807, 2.05) is 33.7 Å². The summed E-state index contributed by atoms with van der Waals surface area (Å²) in [6.45, 7) is 2.44. The van der Waals surface area contributed by atoms with Gasteiger partial charge in [0, 0.05) is 30.9 Å². The zero-order valence-corrected chi connectivity index (χ0v) is 13.0. The molecule has 6 heteroatoms. The van der Waals surface area contributed by atoms with Crippen molar-refractivity contribution >= 4 is 5.91 Å². The molecule has 2 fully saturated rings. The number of benzene rings is 1. The first-order valence-corrected chi connectivity index (χ1v) is 8.14. The minimum atomic E-state index is 0.0507. The van der Waals surface area contributed by atoms with Crippen molar-refractivity contribution in [1.29, 1.82) is 0 Å². The van der Waals surface area contributed by atoms with Gasteiger partial charge >= 0.3 is 0 Å². The van der Waals surface area contributed by atoms with E-state index in [0.717, 1.165) is 56.6 Å². The van der Waals surface area contributed by atoms with Crippen molar-refractivity contribution in [3.8, 4) is 5.69 Å². The molecule has 2 aliphatic rings. The van der Waals surface area contributed by atoms with E-state index in [-0.39, 0.29) is 11.5 Å². The molecule has 1 spiro atoms. The van der Waals surface area contributed by atoms with Gasteiger partial charge in [0.05, 0.1) is 5.60 Å². The van der Waals surface area contributed by atoms with E-state index in [9.17, 15) is 4.79 Å². The average Bonchev–Trinajstić information content (AvgIpc) is 3.28. The van der Waals surface area contributed by atoms with Crippen molar-refractivity contribution in [3.05, 3.63) is 42.5 Å². The van der Waals surface area contributed by atoms with E-state index in [4.69, 9.17) is 4.74 Å². The van der Waals surface area contributed by atoms with Gasteiger partial charge in [0.2, 0.25) is 0 Å². The number of rotatable bonds is 2. The van der Waals surface area contributed by atoms with Gasteiger partial charge in [-0.3, -0.25) is 9.36 Å². The Bertz CT molecular complexity index is 665. The second-order valence-electron chi connectivity index (χ2n) is 6.34. The molecule has 23 heavy (non-hydrogen) atoms. The Kier molecular flexibility index (Phi) is 3.61. The summed E-state index contributed by atoms with van der Waals surface area (Å²) in [5.74, 6) is 0.105. The number of hydrogen-bond acceptors (Lipinski definition) is 4. The molecule has 0 aliphatic carbocycles. The second-order valence-corrected chi connectivity index (χ2v) is 6.34. The van der Waals surface area contributed by atoms with E-state index in [1.165, 1.54) is 0 Å². The van der Waals surface area contributed by atoms with Crippen LogP contribution in [0.5, 0.6) is 0 Å². The topological polar surface area (TPSA) is 60.2 Å². The van der Waals surface area contributed by atoms with Crippen molar-refractivity contribution in [2.45, 2.75) is 31.3 Å². The Morgan fingerprint density at radius 3 is 2.35 bits per heavy atom. The maximum atomic E-state index is 12.7. The number of ether oxygens (including phenoxy) is 1. The maximum absolute atomic E-state index is 12.7. The fraction of sp³-hybridized carbons (Fsp3) is 0.471. The molecule has 2 aromatic rings.